The van der Waals surface area contributed by atoms with Crippen molar-refractivity contribution in [1.82, 2.24) is 0 Å². The van der Waals surface area contributed by atoms with Crippen LogP contribution in [-0.2, 0) is 6.42 Å². The summed E-state index contributed by atoms with van der Waals surface area (Å²) in [6.45, 7) is 1.68. The zero-order chi connectivity index (χ0) is 11.9. The van der Waals surface area contributed by atoms with E-state index in [0.717, 1.165) is 5.56 Å². The highest BCUT2D eigenvalue weighted by Crippen LogP contribution is 2.43. The van der Waals surface area contributed by atoms with Gasteiger partial charge >= 0.3 is 0 Å². The minimum Gasteiger partial charge on any atom is -0.506 e. The molecule has 0 aliphatic carbocycles. The molecule has 0 amide bonds. The summed E-state index contributed by atoms with van der Waals surface area (Å²) in [6, 6.07) is 1.00. The van der Waals surface area contributed by atoms with Gasteiger partial charge in [0.2, 0.25) is 0 Å². The second-order valence-corrected chi connectivity index (χ2v) is 4.40. The van der Waals surface area contributed by atoms with Crippen molar-refractivity contribution in [1.29, 1.82) is 0 Å². The molecule has 1 aromatic carbocycles. The first kappa shape index (κ1) is 11.5. The summed E-state index contributed by atoms with van der Waals surface area (Å²) in [4.78, 5) is 0. The van der Waals surface area contributed by atoms with Crippen molar-refractivity contribution in [2.75, 3.05) is 6.61 Å². The van der Waals surface area contributed by atoms with Crippen LogP contribution in [-0.4, -0.2) is 22.9 Å². The SMILES string of the molecule is CC1Cc2c(cc(C(N)CO)c(O)c2Cl)O1. The van der Waals surface area contributed by atoms with E-state index in [2.05, 4.69) is 0 Å². The van der Waals surface area contributed by atoms with Gasteiger partial charge in [-0.1, -0.05) is 11.6 Å². The molecule has 0 saturated heterocycles. The van der Waals surface area contributed by atoms with Crippen molar-refractivity contribution in [3.63, 3.8) is 0 Å². The zero-order valence-corrected chi connectivity index (χ0v) is 9.66. The summed E-state index contributed by atoms with van der Waals surface area (Å²) in [5.41, 5.74) is 6.89. The molecule has 4 nitrogen and oxygen atoms in total. The summed E-state index contributed by atoms with van der Waals surface area (Å²) >= 11 is 6.04. The minimum absolute atomic E-state index is 0.0486. The number of aliphatic hydroxyl groups is 1. The van der Waals surface area contributed by atoms with Crippen LogP contribution in [0.2, 0.25) is 5.02 Å². The number of phenolic OH excluding ortho intramolecular Hbond substituents is 1. The Morgan fingerprint density at radius 1 is 1.69 bits per heavy atom. The fourth-order valence-electron chi connectivity index (χ4n) is 1.90. The molecule has 2 unspecified atom stereocenters. The molecule has 0 bridgehead atoms. The molecule has 88 valence electrons. The van der Waals surface area contributed by atoms with Gasteiger partial charge in [0.05, 0.1) is 17.7 Å². The molecule has 0 fully saturated rings. The Morgan fingerprint density at radius 3 is 3.00 bits per heavy atom. The fraction of sp³-hybridized carbons (Fsp3) is 0.455. The first-order valence-corrected chi connectivity index (χ1v) is 5.49. The molecular formula is C11H14ClNO3. The lowest BCUT2D eigenvalue weighted by molar-refractivity contribution is 0.252. The van der Waals surface area contributed by atoms with Crippen LogP contribution in [0, 0.1) is 0 Å². The van der Waals surface area contributed by atoms with Gasteiger partial charge in [0, 0.05) is 17.5 Å². The van der Waals surface area contributed by atoms with Gasteiger partial charge in [-0.2, -0.15) is 0 Å². The lowest BCUT2D eigenvalue weighted by Crippen LogP contribution is -2.14. The molecule has 16 heavy (non-hydrogen) atoms. The second-order valence-electron chi connectivity index (χ2n) is 4.03. The van der Waals surface area contributed by atoms with E-state index in [0.29, 0.717) is 17.7 Å². The van der Waals surface area contributed by atoms with Crippen LogP contribution in [0.3, 0.4) is 0 Å². The highest BCUT2D eigenvalue weighted by Gasteiger charge is 2.27. The molecular weight excluding hydrogens is 230 g/mol. The Morgan fingerprint density at radius 2 is 2.38 bits per heavy atom. The van der Waals surface area contributed by atoms with E-state index in [1.165, 1.54) is 0 Å². The molecule has 5 heteroatoms. The number of phenols is 1. The van der Waals surface area contributed by atoms with E-state index in [9.17, 15) is 5.11 Å². The van der Waals surface area contributed by atoms with Gasteiger partial charge in [-0.3, -0.25) is 0 Å². The third-order valence-electron chi connectivity index (χ3n) is 2.75. The average Bonchev–Trinajstić information content (AvgIpc) is 2.63. The van der Waals surface area contributed by atoms with Crippen LogP contribution in [0.4, 0.5) is 0 Å². The quantitative estimate of drug-likeness (QED) is 0.733. The zero-order valence-electron chi connectivity index (χ0n) is 8.90. The maximum atomic E-state index is 9.87. The lowest BCUT2D eigenvalue weighted by atomic mass is 10.0. The molecule has 0 spiro atoms. The van der Waals surface area contributed by atoms with Gasteiger partial charge in [-0.25, -0.2) is 0 Å². The van der Waals surface area contributed by atoms with Gasteiger partial charge in [0.1, 0.15) is 17.6 Å². The number of hydrogen-bond acceptors (Lipinski definition) is 4. The van der Waals surface area contributed by atoms with E-state index in [1.807, 2.05) is 6.92 Å². The first-order valence-electron chi connectivity index (χ1n) is 5.12. The third-order valence-corrected chi connectivity index (χ3v) is 3.15. The van der Waals surface area contributed by atoms with E-state index < -0.39 is 6.04 Å². The fourth-order valence-corrected chi connectivity index (χ4v) is 2.18. The van der Waals surface area contributed by atoms with Gasteiger partial charge < -0.3 is 20.7 Å². The van der Waals surface area contributed by atoms with Crippen LogP contribution in [0.5, 0.6) is 11.5 Å². The number of fused-ring (bicyclic) bond motifs is 1. The highest BCUT2D eigenvalue weighted by molar-refractivity contribution is 6.33. The third kappa shape index (κ3) is 1.73. The second kappa shape index (κ2) is 4.13. The Kier molecular flexibility index (Phi) is 2.97. The number of nitrogens with two attached hydrogens (primary N) is 1. The summed E-state index contributed by atoms with van der Waals surface area (Å²) in [5, 5.41) is 19.1. The minimum atomic E-state index is -0.651. The van der Waals surface area contributed by atoms with Crippen LogP contribution in [0.1, 0.15) is 24.1 Å². The van der Waals surface area contributed by atoms with Gasteiger partial charge in [-0.15, -0.1) is 0 Å². The molecule has 1 heterocycles. The number of aliphatic hydroxyl groups excluding tert-OH is 1. The summed E-state index contributed by atoms with van der Waals surface area (Å²) in [6.07, 6.45) is 0.726. The maximum absolute atomic E-state index is 9.87. The largest absolute Gasteiger partial charge is 0.506 e. The van der Waals surface area contributed by atoms with Crippen molar-refractivity contribution in [3.05, 3.63) is 22.2 Å². The number of hydrogen-bond donors (Lipinski definition) is 3. The first-order chi connectivity index (χ1) is 7.54. The number of benzene rings is 1. The highest BCUT2D eigenvalue weighted by atomic mass is 35.5. The predicted molar refractivity (Wildman–Crippen MR) is 60.9 cm³/mol. The Hall–Kier alpha value is -0.970. The predicted octanol–water partition coefficient (Wildman–Crippen LogP) is 1.36. The van der Waals surface area contributed by atoms with Gasteiger partial charge in [0.15, 0.2) is 0 Å². The van der Waals surface area contributed by atoms with E-state index in [-0.39, 0.29) is 23.5 Å². The molecule has 4 N–H and O–H groups in total. The average molecular weight is 244 g/mol. The molecule has 0 radical (unpaired) electrons. The lowest BCUT2D eigenvalue weighted by Gasteiger charge is -2.14. The maximum Gasteiger partial charge on any atom is 0.139 e. The summed E-state index contributed by atoms with van der Waals surface area (Å²) in [5.74, 6) is 0.592. The summed E-state index contributed by atoms with van der Waals surface area (Å²) in [7, 11) is 0. The van der Waals surface area contributed by atoms with Crippen LogP contribution >= 0.6 is 11.6 Å². The molecule has 2 rings (SSSR count). The van der Waals surface area contributed by atoms with Gasteiger partial charge in [-0.05, 0) is 13.0 Å². The van der Waals surface area contributed by atoms with Crippen molar-refractivity contribution in [3.8, 4) is 11.5 Å². The van der Waals surface area contributed by atoms with Crippen LogP contribution in [0.15, 0.2) is 6.07 Å². The normalized spacial score (nSPS) is 20.4. The smallest absolute Gasteiger partial charge is 0.139 e. The monoisotopic (exact) mass is 243 g/mol. The Balaban J connectivity index is 2.52. The van der Waals surface area contributed by atoms with E-state index >= 15 is 0 Å². The number of halogens is 1. The van der Waals surface area contributed by atoms with Gasteiger partial charge in [0.25, 0.3) is 0 Å². The molecule has 1 aliphatic heterocycles. The van der Waals surface area contributed by atoms with Crippen molar-refractivity contribution >= 4 is 11.6 Å². The van der Waals surface area contributed by atoms with Crippen molar-refractivity contribution in [2.45, 2.75) is 25.5 Å². The molecule has 0 aromatic heterocycles. The molecule has 1 aliphatic rings. The number of aromatic hydroxyl groups is 1. The Labute approximate surface area is 98.6 Å². The van der Waals surface area contributed by atoms with Crippen molar-refractivity contribution < 1.29 is 14.9 Å². The van der Waals surface area contributed by atoms with Crippen LogP contribution in [0.25, 0.3) is 0 Å². The summed E-state index contributed by atoms with van der Waals surface area (Å²) < 4.78 is 5.55. The van der Waals surface area contributed by atoms with Crippen LogP contribution < -0.4 is 10.5 Å². The number of ether oxygens (including phenoxy) is 1. The Bertz CT molecular complexity index is 422. The molecule has 0 saturated carbocycles. The standard InChI is InChI=1S/C11H14ClNO3/c1-5-2-7-9(16-5)3-6(8(13)4-14)11(15)10(7)12/h3,5,8,14-15H,2,4,13H2,1H3. The molecule has 2 atom stereocenters. The number of rotatable bonds is 2. The van der Waals surface area contributed by atoms with E-state index in [4.69, 9.17) is 27.2 Å². The molecule has 1 aromatic rings. The van der Waals surface area contributed by atoms with E-state index in [1.54, 1.807) is 6.07 Å². The van der Waals surface area contributed by atoms with Crippen molar-refractivity contribution in [2.24, 2.45) is 5.73 Å². The topological polar surface area (TPSA) is 75.7 Å².